The molecule has 96 valence electrons. The lowest BCUT2D eigenvalue weighted by atomic mass is 10.1. The smallest absolute Gasteiger partial charge is 0.0992 e. The van der Waals surface area contributed by atoms with E-state index in [9.17, 15) is 0 Å². The molecule has 0 radical (unpaired) electrons. The van der Waals surface area contributed by atoms with E-state index in [4.69, 9.17) is 16.1 Å². The summed E-state index contributed by atoms with van der Waals surface area (Å²) in [5.74, 6) is 0. The fourth-order valence-corrected chi connectivity index (χ4v) is 1.81. The van der Waals surface area contributed by atoms with E-state index in [-0.39, 0.29) is 6.61 Å². The Labute approximate surface area is 112 Å². The molecular formula is C15H15N3O. The van der Waals surface area contributed by atoms with Crippen LogP contribution in [0.3, 0.4) is 0 Å². The molecule has 19 heavy (non-hydrogen) atoms. The number of nitriles is 1. The van der Waals surface area contributed by atoms with Gasteiger partial charge in [0.1, 0.15) is 0 Å². The minimum Gasteiger partial charge on any atom is -0.397 e. The van der Waals surface area contributed by atoms with Crippen LogP contribution in [-0.4, -0.2) is 5.11 Å². The van der Waals surface area contributed by atoms with E-state index in [1.807, 2.05) is 24.3 Å². The van der Waals surface area contributed by atoms with Gasteiger partial charge in [0.2, 0.25) is 0 Å². The third kappa shape index (κ3) is 3.24. The molecule has 4 N–H and O–H groups in total. The number of aliphatic hydroxyl groups excluding tert-OH is 1. The lowest BCUT2D eigenvalue weighted by Gasteiger charge is -2.10. The van der Waals surface area contributed by atoms with E-state index < -0.39 is 0 Å². The van der Waals surface area contributed by atoms with Crippen LogP contribution in [0.15, 0.2) is 42.5 Å². The summed E-state index contributed by atoms with van der Waals surface area (Å²) in [5.41, 5.74) is 9.70. The Morgan fingerprint density at radius 3 is 2.68 bits per heavy atom. The van der Waals surface area contributed by atoms with Crippen LogP contribution in [0.5, 0.6) is 0 Å². The second kappa shape index (κ2) is 5.89. The van der Waals surface area contributed by atoms with Gasteiger partial charge < -0.3 is 16.2 Å². The molecule has 0 aliphatic rings. The molecule has 2 rings (SSSR count). The van der Waals surface area contributed by atoms with Gasteiger partial charge in [-0.15, -0.1) is 0 Å². The van der Waals surface area contributed by atoms with E-state index in [0.29, 0.717) is 17.8 Å². The van der Waals surface area contributed by atoms with E-state index in [1.54, 1.807) is 18.2 Å². The number of nitrogens with zero attached hydrogens (tertiary/aromatic N) is 1. The summed E-state index contributed by atoms with van der Waals surface area (Å²) in [7, 11) is 0. The molecule has 4 heteroatoms. The molecule has 0 saturated heterocycles. The summed E-state index contributed by atoms with van der Waals surface area (Å²) in [4.78, 5) is 0. The van der Waals surface area contributed by atoms with Crippen molar-refractivity contribution in [3.63, 3.8) is 0 Å². The van der Waals surface area contributed by atoms with E-state index in [0.717, 1.165) is 16.8 Å². The first-order chi connectivity index (χ1) is 9.22. The van der Waals surface area contributed by atoms with Gasteiger partial charge >= 0.3 is 0 Å². The Balaban J connectivity index is 2.12. The maximum absolute atomic E-state index is 9.08. The molecule has 4 nitrogen and oxygen atoms in total. The lowest BCUT2D eigenvalue weighted by molar-refractivity contribution is 0.281. The number of benzene rings is 2. The predicted octanol–water partition coefficient (Wildman–Crippen LogP) is 2.24. The van der Waals surface area contributed by atoms with Crippen molar-refractivity contribution in [1.29, 1.82) is 5.26 Å². The third-order valence-electron chi connectivity index (χ3n) is 2.84. The topological polar surface area (TPSA) is 82.1 Å². The first-order valence-corrected chi connectivity index (χ1v) is 5.95. The van der Waals surface area contributed by atoms with Gasteiger partial charge in [-0.25, -0.2) is 0 Å². The van der Waals surface area contributed by atoms with Gasteiger partial charge in [-0.2, -0.15) is 5.26 Å². The van der Waals surface area contributed by atoms with Crippen LogP contribution >= 0.6 is 0 Å². The average molecular weight is 253 g/mol. The van der Waals surface area contributed by atoms with Crippen molar-refractivity contribution in [3.8, 4) is 6.07 Å². The molecule has 0 fully saturated rings. The van der Waals surface area contributed by atoms with Crippen molar-refractivity contribution in [2.75, 3.05) is 11.1 Å². The number of rotatable bonds is 4. The number of hydrogen-bond donors (Lipinski definition) is 3. The van der Waals surface area contributed by atoms with Crippen molar-refractivity contribution in [2.45, 2.75) is 13.2 Å². The SMILES string of the molecule is N#Cc1ccc(N)c(NCc2cccc(CO)c2)c1. The standard InChI is InChI=1S/C15H15N3O/c16-8-11-4-5-14(17)15(7-11)18-9-12-2-1-3-13(6-12)10-19/h1-7,18-19H,9-10,17H2. The molecule has 0 saturated carbocycles. The van der Waals surface area contributed by atoms with Gasteiger partial charge in [0.25, 0.3) is 0 Å². The summed E-state index contributed by atoms with van der Waals surface area (Å²) >= 11 is 0. The van der Waals surface area contributed by atoms with Crippen molar-refractivity contribution in [1.82, 2.24) is 0 Å². The van der Waals surface area contributed by atoms with E-state index in [2.05, 4.69) is 11.4 Å². The van der Waals surface area contributed by atoms with Crippen LogP contribution in [0.4, 0.5) is 11.4 Å². The van der Waals surface area contributed by atoms with Crippen LogP contribution in [-0.2, 0) is 13.2 Å². The maximum atomic E-state index is 9.08. The molecule has 0 aromatic heterocycles. The quantitative estimate of drug-likeness (QED) is 0.730. The third-order valence-corrected chi connectivity index (χ3v) is 2.84. The highest BCUT2D eigenvalue weighted by molar-refractivity contribution is 5.68. The molecular weight excluding hydrogens is 238 g/mol. The van der Waals surface area contributed by atoms with E-state index >= 15 is 0 Å². The zero-order valence-corrected chi connectivity index (χ0v) is 10.4. The highest BCUT2D eigenvalue weighted by atomic mass is 16.3. The summed E-state index contributed by atoms with van der Waals surface area (Å²) < 4.78 is 0. The minimum absolute atomic E-state index is 0.0277. The van der Waals surface area contributed by atoms with Gasteiger partial charge in [0.15, 0.2) is 0 Å². The first-order valence-electron chi connectivity index (χ1n) is 5.95. The Bertz CT molecular complexity index is 617. The van der Waals surface area contributed by atoms with E-state index in [1.165, 1.54) is 0 Å². The summed E-state index contributed by atoms with van der Waals surface area (Å²) in [6, 6.07) is 14.9. The number of nitrogens with one attached hydrogen (secondary N) is 1. The molecule has 0 heterocycles. The number of anilines is 2. The molecule has 2 aromatic rings. The lowest BCUT2D eigenvalue weighted by Crippen LogP contribution is -2.03. The van der Waals surface area contributed by atoms with Crippen molar-refractivity contribution in [2.24, 2.45) is 0 Å². The molecule has 0 bridgehead atoms. The predicted molar refractivity (Wildman–Crippen MR) is 75.3 cm³/mol. The Morgan fingerprint density at radius 1 is 1.16 bits per heavy atom. The summed E-state index contributed by atoms with van der Waals surface area (Å²) in [6.07, 6.45) is 0. The summed E-state index contributed by atoms with van der Waals surface area (Å²) in [6.45, 7) is 0.618. The van der Waals surface area contributed by atoms with Crippen LogP contribution < -0.4 is 11.1 Å². The number of nitrogen functional groups attached to an aromatic ring is 1. The maximum Gasteiger partial charge on any atom is 0.0992 e. The number of aliphatic hydroxyl groups is 1. The number of nitrogens with two attached hydrogens (primary N) is 1. The monoisotopic (exact) mass is 253 g/mol. The second-order valence-corrected chi connectivity index (χ2v) is 4.25. The minimum atomic E-state index is 0.0277. The summed E-state index contributed by atoms with van der Waals surface area (Å²) in [5, 5.41) is 21.1. The highest BCUT2D eigenvalue weighted by Gasteiger charge is 2.01. The van der Waals surface area contributed by atoms with Gasteiger partial charge in [-0.3, -0.25) is 0 Å². The highest BCUT2D eigenvalue weighted by Crippen LogP contribution is 2.20. The van der Waals surface area contributed by atoms with Crippen LogP contribution in [0.25, 0.3) is 0 Å². The zero-order chi connectivity index (χ0) is 13.7. The molecule has 0 amide bonds. The van der Waals surface area contributed by atoms with Gasteiger partial charge in [-0.05, 0) is 29.3 Å². The molecule has 0 aliphatic heterocycles. The van der Waals surface area contributed by atoms with Crippen molar-refractivity contribution >= 4 is 11.4 Å². The second-order valence-electron chi connectivity index (χ2n) is 4.25. The van der Waals surface area contributed by atoms with Gasteiger partial charge in [0, 0.05) is 6.54 Å². The Morgan fingerprint density at radius 2 is 1.95 bits per heavy atom. The number of hydrogen-bond acceptors (Lipinski definition) is 4. The molecule has 2 aromatic carbocycles. The van der Waals surface area contributed by atoms with Crippen molar-refractivity contribution < 1.29 is 5.11 Å². The molecule has 0 atom stereocenters. The normalized spacial score (nSPS) is 9.89. The molecule has 0 spiro atoms. The van der Waals surface area contributed by atoms with Crippen LogP contribution in [0, 0.1) is 11.3 Å². The molecule has 0 unspecified atom stereocenters. The molecule has 0 aliphatic carbocycles. The van der Waals surface area contributed by atoms with Crippen molar-refractivity contribution in [3.05, 3.63) is 59.2 Å². The fraction of sp³-hybridized carbons (Fsp3) is 0.133. The van der Waals surface area contributed by atoms with Crippen LogP contribution in [0.2, 0.25) is 0 Å². The first kappa shape index (κ1) is 12.9. The Hall–Kier alpha value is -2.51. The Kier molecular flexibility index (Phi) is 4.01. The van der Waals surface area contributed by atoms with Gasteiger partial charge in [0.05, 0.1) is 29.6 Å². The zero-order valence-electron chi connectivity index (χ0n) is 10.4. The van der Waals surface area contributed by atoms with Crippen LogP contribution in [0.1, 0.15) is 16.7 Å². The largest absolute Gasteiger partial charge is 0.397 e. The van der Waals surface area contributed by atoms with Gasteiger partial charge in [-0.1, -0.05) is 24.3 Å². The average Bonchev–Trinajstić information content (AvgIpc) is 2.46. The fourth-order valence-electron chi connectivity index (χ4n) is 1.81.